The molecule has 0 spiro atoms. The summed E-state index contributed by atoms with van der Waals surface area (Å²) in [5, 5.41) is 19.8. The molecule has 3 aromatic rings. The minimum Gasteiger partial charge on any atom is -0.595 e. The predicted octanol–water partition coefficient (Wildman–Crippen LogP) is 3.72. The smallest absolute Gasteiger partial charge is 0.177 e. The molecule has 128 valence electrons. The molecular weight excluding hydrogens is 452 g/mol. The van der Waals surface area contributed by atoms with Gasteiger partial charge in [-0.15, -0.1) is 0 Å². The van der Waals surface area contributed by atoms with Crippen LogP contribution in [0.1, 0.15) is 20.7 Å². The summed E-state index contributed by atoms with van der Waals surface area (Å²) >= 11 is 7.10. The number of para-hydroxylation sites is 1. The van der Waals surface area contributed by atoms with E-state index in [0.29, 0.717) is 5.56 Å². The van der Waals surface area contributed by atoms with E-state index in [0.717, 1.165) is 16.5 Å². The number of nitrogens with one attached hydrogen (secondary N) is 1. The number of quaternary nitrogens is 1. The Morgan fingerprint density at radius 1 is 1.08 bits per heavy atom. The molecule has 5 nitrogen and oxygen atoms in total. The molecule has 3 unspecified atom stereocenters. The van der Waals surface area contributed by atoms with Gasteiger partial charge in [0.25, 0.3) is 0 Å². The molecule has 2 aromatic carbocycles. The van der Waals surface area contributed by atoms with Gasteiger partial charge in [0.2, 0.25) is 0 Å². The Labute approximate surface area is 161 Å². The van der Waals surface area contributed by atoms with Crippen LogP contribution in [0.5, 0.6) is 0 Å². The van der Waals surface area contributed by atoms with E-state index in [2.05, 4.69) is 36.8 Å². The molecule has 2 N–H and O–H groups in total. The second-order valence-electron chi connectivity index (χ2n) is 5.47. The minimum absolute atomic E-state index is 0.125. The minimum atomic E-state index is -1.02. The molecule has 0 bridgehead atoms. The number of benzene rings is 2. The van der Waals surface area contributed by atoms with Crippen molar-refractivity contribution in [2.75, 3.05) is 0 Å². The van der Waals surface area contributed by atoms with Gasteiger partial charge in [-0.2, -0.15) is 5.23 Å². The standard InChI is InChI=1S/C18H14Br2N2O3/c19-16(14-9-10-21-15-4-2-1-3-13(14)15)17(20)18(23)11-5-7-12(8-6-11)22(24)25/h1-10,16-17,22,24H. The van der Waals surface area contributed by atoms with Crippen LogP contribution in [0.2, 0.25) is 0 Å². The van der Waals surface area contributed by atoms with Crippen molar-refractivity contribution in [2.45, 2.75) is 9.65 Å². The Kier molecular flexibility index (Phi) is 5.61. The van der Waals surface area contributed by atoms with Crippen molar-refractivity contribution in [3.63, 3.8) is 0 Å². The topological polar surface area (TPSA) is 77.7 Å². The number of rotatable bonds is 5. The molecule has 1 aromatic heterocycles. The lowest BCUT2D eigenvalue weighted by atomic mass is 10.00. The van der Waals surface area contributed by atoms with Crippen LogP contribution < -0.4 is 5.23 Å². The van der Waals surface area contributed by atoms with Crippen LogP contribution in [0, 0.1) is 5.21 Å². The summed E-state index contributed by atoms with van der Waals surface area (Å²) in [4.78, 5) is 16.3. The average molecular weight is 466 g/mol. The van der Waals surface area contributed by atoms with Gasteiger partial charge >= 0.3 is 0 Å². The van der Waals surface area contributed by atoms with Crippen LogP contribution >= 0.6 is 31.9 Å². The third-order valence-electron chi connectivity index (χ3n) is 3.90. The molecule has 3 rings (SSSR count). The quantitative estimate of drug-likeness (QED) is 0.342. The van der Waals surface area contributed by atoms with Gasteiger partial charge in [0, 0.05) is 29.3 Å². The molecule has 1 heterocycles. The second kappa shape index (κ2) is 7.72. The summed E-state index contributed by atoms with van der Waals surface area (Å²) in [6.07, 6.45) is 1.72. The SMILES string of the molecule is O=C(c1ccc([NH+]([O-])O)cc1)C(Br)C(Br)c1ccnc2ccccc12. The zero-order chi connectivity index (χ0) is 18.0. The number of fused-ring (bicyclic) bond motifs is 1. The number of carbonyl (C=O) groups is 1. The maximum Gasteiger partial charge on any atom is 0.177 e. The third kappa shape index (κ3) is 3.80. The molecule has 0 aliphatic heterocycles. The molecule has 25 heavy (non-hydrogen) atoms. The fourth-order valence-electron chi connectivity index (χ4n) is 2.59. The number of nitrogens with zero attached hydrogens (tertiary/aromatic N) is 1. The lowest BCUT2D eigenvalue weighted by Crippen LogP contribution is -2.99. The largest absolute Gasteiger partial charge is 0.595 e. The number of alkyl halides is 2. The van der Waals surface area contributed by atoms with Crippen molar-refractivity contribution in [2.24, 2.45) is 0 Å². The van der Waals surface area contributed by atoms with Gasteiger partial charge in [-0.25, -0.2) is 5.21 Å². The first-order valence-electron chi connectivity index (χ1n) is 7.48. The number of pyridine rings is 1. The molecule has 0 saturated heterocycles. The van der Waals surface area contributed by atoms with Gasteiger partial charge < -0.3 is 5.21 Å². The molecule has 0 saturated carbocycles. The van der Waals surface area contributed by atoms with Crippen LogP contribution in [-0.2, 0) is 0 Å². The third-order valence-corrected chi connectivity index (χ3v) is 6.58. The normalized spacial score (nSPS) is 14.9. The first-order chi connectivity index (χ1) is 12.0. The van der Waals surface area contributed by atoms with Crippen LogP contribution in [0.3, 0.4) is 0 Å². The van der Waals surface area contributed by atoms with Crippen LogP contribution in [0.15, 0.2) is 60.8 Å². The Morgan fingerprint density at radius 3 is 2.44 bits per heavy atom. The van der Waals surface area contributed by atoms with E-state index in [4.69, 9.17) is 5.21 Å². The van der Waals surface area contributed by atoms with E-state index in [1.807, 2.05) is 30.3 Å². The van der Waals surface area contributed by atoms with Crippen molar-refractivity contribution in [1.82, 2.24) is 4.98 Å². The Bertz CT molecular complexity index is 895. The van der Waals surface area contributed by atoms with E-state index in [9.17, 15) is 10.0 Å². The molecular formula is C18H14Br2N2O3. The fraction of sp³-hybridized carbons (Fsp3) is 0.111. The van der Waals surface area contributed by atoms with E-state index in [1.54, 1.807) is 6.20 Å². The Balaban J connectivity index is 1.88. The lowest BCUT2D eigenvalue weighted by Gasteiger charge is -2.18. The molecule has 0 aliphatic rings. The highest BCUT2D eigenvalue weighted by Gasteiger charge is 2.27. The van der Waals surface area contributed by atoms with Crippen molar-refractivity contribution >= 4 is 54.2 Å². The van der Waals surface area contributed by atoms with E-state index >= 15 is 0 Å². The Hall–Kier alpha value is -1.64. The van der Waals surface area contributed by atoms with Gasteiger partial charge in [0.1, 0.15) is 0 Å². The summed E-state index contributed by atoms with van der Waals surface area (Å²) < 4.78 is 0. The highest BCUT2D eigenvalue weighted by molar-refractivity contribution is 9.12. The Morgan fingerprint density at radius 2 is 1.76 bits per heavy atom. The molecule has 0 aliphatic carbocycles. The molecule has 0 amide bonds. The lowest BCUT2D eigenvalue weighted by molar-refractivity contribution is -0.991. The van der Waals surface area contributed by atoms with Gasteiger partial charge in [0.05, 0.1) is 15.2 Å². The number of halogens is 2. The van der Waals surface area contributed by atoms with Crippen LogP contribution in [-0.4, -0.2) is 20.8 Å². The maximum absolute atomic E-state index is 12.7. The molecule has 0 fully saturated rings. The molecule has 3 atom stereocenters. The number of hydrogen-bond acceptors (Lipinski definition) is 4. The van der Waals surface area contributed by atoms with Crippen molar-refractivity contribution in [1.29, 1.82) is 0 Å². The molecule has 0 radical (unpaired) electrons. The summed E-state index contributed by atoms with van der Waals surface area (Å²) in [5.74, 6) is -0.125. The fourth-order valence-corrected chi connectivity index (χ4v) is 3.77. The zero-order valence-corrected chi connectivity index (χ0v) is 16.1. The number of ketones is 1. The van der Waals surface area contributed by atoms with Gasteiger partial charge in [-0.1, -0.05) is 50.1 Å². The molecule has 7 heteroatoms. The van der Waals surface area contributed by atoms with Gasteiger partial charge in [-0.05, 0) is 29.8 Å². The van der Waals surface area contributed by atoms with E-state index in [-0.39, 0.29) is 16.3 Å². The van der Waals surface area contributed by atoms with Crippen LogP contribution in [0.4, 0.5) is 5.69 Å². The maximum atomic E-state index is 12.7. The van der Waals surface area contributed by atoms with Gasteiger partial charge in [0.15, 0.2) is 11.5 Å². The summed E-state index contributed by atoms with van der Waals surface area (Å²) in [7, 11) is 0. The van der Waals surface area contributed by atoms with E-state index in [1.165, 1.54) is 24.3 Å². The number of hydrogen-bond donors (Lipinski definition) is 2. The monoisotopic (exact) mass is 464 g/mol. The van der Waals surface area contributed by atoms with Crippen molar-refractivity contribution in [3.05, 3.63) is 77.1 Å². The van der Waals surface area contributed by atoms with E-state index < -0.39 is 10.1 Å². The summed E-state index contributed by atoms with van der Waals surface area (Å²) in [5.41, 5.74) is 2.43. The van der Waals surface area contributed by atoms with Crippen LogP contribution in [0.25, 0.3) is 10.9 Å². The van der Waals surface area contributed by atoms with Gasteiger partial charge in [-0.3, -0.25) is 9.78 Å². The van der Waals surface area contributed by atoms with Crippen molar-refractivity contribution < 1.29 is 15.2 Å². The first kappa shape index (κ1) is 18.2. The van der Waals surface area contributed by atoms with Crippen molar-refractivity contribution in [3.8, 4) is 0 Å². The second-order valence-corrected chi connectivity index (χ2v) is 7.44. The summed E-state index contributed by atoms with van der Waals surface area (Å²) in [6, 6.07) is 15.6. The number of carbonyl (C=O) groups excluding carboxylic acids is 1. The first-order valence-corrected chi connectivity index (χ1v) is 9.31. The number of aromatic nitrogens is 1. The average Bonchev–Trinajstić information content (AvgIpc) is 2.65. The zero-order valence-electron chi connectivity index (χ0n) is 12.9. The summed E-state index contributed by atoms with van der Waals surface area (Å²) in [6.45, 7) is 0. The highest BCUT2D eigenvalue weighted by Crippen LogP contribution is 2.36. The highest BCUT2D eigenvalue weighted by atomic mass is 79.9. The predicted molar refractivity (Wildman–Crippen MR) is 103 cm³/mol. The number of Topliss-reactive ketones (excluding diaryl/α,β-unsaturated/α-hetero) is 1.